The topological polar surface area (TPSA) is 35.2 Å². The van der Waals surface area contributed by atoms with Crippen molar-refractivity contribution >= 4 is 0 Å². The molecule has 0 saturated heterocycles. The van der Waals surface area contributed by atoms with Gasteiger partial charge in [-0.25, -0.2) is 4.39 Å². The molecule has 1 unspecified atom stereocenters. The molecule has 0 aliphatic rings. The van der Waals surface area contributed by atoms with Gasteiger partial charge in [-0.1, -0.05) is 0 Å². The van der Waals surface area contributed by atoms with Gasteiger partial charge in [-0.2, -0.15) is 0 Å². The van der Waals surface area contributed by atoms with Gasteiger partial charge in [-0.3, -0.25) is 0 Å². The van der Waals surface area contributed by atoms with Gasteiger partial charge < -0.3 is 10.5 Å². The van der Waals surface area contributed by atoms with E-state index in [1.165, 1.54) is 0 Å². The van der Waals surface area contributed by atoms with Gasteiger partial charge in [0.2, 0.25) is 0 Å². The van der Waals surface area contributed by atoms with Crippen molar-refractivity contribution in [3.05, 3.63) is 0 Å². The lowest BCUT2D eigenvalue weighted by molar-refractivity contribution is -0.0298. The maximum atomic E-state index is 12.7. The summed E-state index contributed by atoms with van der Waals surface area (Å²) in [5, 5.41) is 0. The lowest BCUT2D eigenvalue weighted by Crippen LogP contribution is -2.25. The van der Waals surface area contributed by atoms with Gasteiger partial charge in [-0.15, -0.1) is 0 Å². The molecule has 11 heavy (non-hydrogen) atoms. The van der Waals surface area contributed by atoms with Crippen LogP contribution in [0.4, 0.5) is 4.39 Å². The van der Waals surface area contributed by atoms with Crippen LogP contribution in [0.25, 0.3) is 0 Å². The summed E-state index contributed by atoms with van der Waals surface area (Å²) in [6.45, 7) is 6.25. The molecule has 0 amide bonds. The van der Waals surface area contributed by atoms with Crippen molar-refractivity contribution in [2.75, 3.05) is 13.2 Å². The van der Waals surface area contributed by atoms with E-state index in [0.717, 1.165) is 0 Å². The summed E-state index contributed by atoms with van der Waals surface area (Å²) in [4.78, 5) is 0. The smallest absolute Gasteiger partial charge is 0.125 e. The largest absolute Gasteiger partial charge is 0.373 e. The van der Waals surface area contributed by atoms with Gasteiger partial charge in [0.15, 0.2) is 0 Å². The minimum atomic E-state index is -0.917. The molecular weight excluding hydrogens is 145 g/mol. The van der Waals surface area contributed by atoms with Gasteiger partial charge >= 0.3 is 0 Å². The molecule has 0 aromatic rings. The Morgan fingerprint density at radius 3 is 2.36 bits per heavy atom. The molecule has 0 radical (unpaired) electrons. The molecule has 0 rings (SSSR count). The molecule has 3 heteroatoms. The summed E-state index contributed by atoms with van der Waals surface area (Å²) in [6, 6.07) is 0. The normalized spacial score (nSPS) is 15.0. The number of alkyl halides is 1. The van der Waals surface area contributed by atoms with Gasteiger partial charge in [-0.05, 0) is 33.7 Å². The van der Waals surface area contributed by atoms with Crippen LogP contribution in [0.1, 0.15) is 27.2 Å². The van der Waals surface area contributed by atoms with Crippen LogP contribution in [0.3, 0.4) is 0 Å². The van der Waals surface area contributed by atoms with E-state index in [0.29, 0.717) is 13.0 Å². The number of ether oxygens (including phenoxy) is 1. The van der Waals surface area contributed by atoms with Gasteiger partial charge in [0, 0.05) is 0 Å². The predicted octanol–water partition coefficient (Wildman–Crippen LogP) is 1.49. The SMILES string of the molecule is CC(C)(C)OCC(F)CCN. The molecule has 68 valence electrons. The second kappa shape index (κ2) is 4.67. The van der Waals surface area contributed by atoms with E-state index in [2.05, 4.69) is 0 Å². The third-order valence-corrected chi connectivity index (χ3v) is 1.18. The van der Waals surface area contributed by atoms with Crippen LogP contribution in [0.5, 0.6) is 0 Å². The molecule has 0 fully saturated rings. The lowest BCUT2D eigenvalue weighted by Gasteiger charge is -2.20. The fourth-order valence-corrected chi connectivity index (χ4v) is 0.605. The summed E-state index contributed by atoms with van der Waals surface area (Å²) >= 11 is 0. The number of hydrogen-bond donors (Lipinski definition) is 1. The van der Waals surface area contributed by atoms with E-state index < -0.39 is 6.17 Å². The third-order valence-electron chi connectivity index (χ3n) is 1.18. The zero-order valence-electron chi connectivity index (χ0n) is 7.56. The Balaban J connectivity index is 3.38. The highest BCUT2D eigenvalue weighted by atomic mass is 19.1. The highest BCUT2D eigenvalue weighted by Crippen LogP contribution is 2.09. The van der Waals surface area contributed by atoms with Crippen molar-refractivity contribution in [1.29, 1.82) is 0 Å². The van der Waals surface area contributed by atoms with Crippen molar-refractivity contribution < 1.29 is 9.13 Å². The van der Waals surface area contributed by atoms with Crippen LogP contribution in [0, 0.1) is 0 Å². The Morgan fingerprint density at radius 1 is 1.45 bits per heavy atom. The molecule has 0 saturated carbocycles. The molecule has 0 aromatic carbocycles. The molecule has 0 bridgehead atoms. The monoisotopic (exact) mass is 163 g/mol. The summed E-state index contributed by atoms with van der Waals surface area (Å²) in [7, 11) is 0. The van der Waals surface area contributed by atoms with Gasteiger partial charge in [0.25, 0.3) is 0 Å². The average Bonchev–Trinajstić information content (AvgIpc) is 1.83. The Morgan fingerprint density at radius 2 is 2.00 bits per heavy atom. The molecule has 0 aliphatic carbocycles. The van der Waals surface area contributed by atoms with Crippen molar-refractivity contribution in [3.63, 3.8) is 0 Å². The number of hydrogen-bond acceptors (Lipinski definition) is 2. The maximum absolute atomic E-state index is 12.7. The lowest BCUT2D eigenvalue weighted by atomic mass is 10.2. The zero-order valence-corrected chi connectivity index (χ0v) is 7.56. The van der Waals surface area contributed by atoms with E-state index in [-0.39, 0.29) is 12.2 Å². The summed E-state index contributed by atoms with van der Waals surface area (Å²) in [5.74, 6) is 0. The highest BCUT2D eigenvalue weighted by Gasteiger charge is 2.13. The van der Waals surface area contributed by atoms with Crippen LogP contribution in [-0.2, 0) is 4.74 Å². The van der Waals surface area contributed by atoms with Crippen molar-refractivity contribution in [2.45, 2.75) is 39.0 Å². The van der Waals surface area contributed by atoms with E-state index in [9.17, 15) is 4.39 Å². The Kier molecular flexibility index (Phi) is 4.61. The van der Waals surface area contributed by atoms with Crippen LogP contribution in [0.2, 0.25) is 0 Å². The first kappa shape index (κ1) is 10.8. The third kappa shape index (κ3) is 7.75. The van der Waals surface area contributed by atoms with Crippen molar-refractivity contribution in [2.24, 2.45) is 5.73 Å². The predicted molar refractivity (Wildman–Crippen MR) is 44.3 cm³/mol. The quantitative estimate of drug-likeness (QED) is 0.681. The van der Waals surface area contributed by atoms with Crippen LogP contribution >= 0.6 is 0 Å². The molecular formula is C8H18FNO. The van der Waals surface area contributed by atoms with E-state index in [4.69, 9.17) is 10.5 Å². The minimum absolute atomic E-state index is 0.153. The molecule has 2 N–H and O–H groups in total. The van der Waals surface area contributed by atoms with Gasteiger partial charge in [0.05, 0.1) is 12.2 Å². The Hall–Kier alpha value is -0.150. The first-order valence-corrected chi connectivity index (χ1v) is 3.94. The standard InChI is InChI=1S/C8H18FNO/c1-8(2,3)11-6-7(9)4-5-10/h7H,4-6,10H2,1-3H3. The van der Waals surface area contributed by atoms with Crippen molar-refractivity contribution in [1.82, 2.24) is 0 Å². The molecule has 2 nitrogen and oxygen atoms in total. The van der Waals surface area contributed by atoms with Crippen molar-refractivity contribution in [3.8, 4) is 0 Å². The van der Waals surface area contributed by atoms with E-state index in [1.807, 2.05) is 20.8 Å². The first-order valence-electron chi connectivity index (χ1n) is 3.94. The molecule has 0 heterocycles. The first-order chi connectivity index (χ1) is 4.95. The highest BCUT2D eigenvalue weighted by molar-refractivity contribution is 4.62. The van der Waals surface area contributed by atoms with Crippen LogP contribution in [0.15, 0.2) is 0 Å². The minimum Gasteiger partial charge on any atom is -0.373 e. The van der Waals surface area contributed by atoms with Gasteiger partial charge in [0.1, 0.15) is 6.17 Å². The van der Waals surface area contributed by atoms with Crippen LogP contribution in [-0.4, -0.2) is 24.9 Å². The van der Waals surface area contributed by atoms with Crippen LogP contribution < -0.4 is 5.73 Å². The fraction of sp³-hybridized carbons (Fsp3) is 1.00. The second-order valence-corrected chi connectivity index (χ2v) is 3.60. The molecule has 1 atom stereocenters. The fourth-order valence-electron chi connectivity index (χ4n) is 0.605. The number of nitrogens with two attached hydrogens (primary N) is 1. The number of halogens is 1. The maximum Gasteiger partial charge on any atom is 0.125 e. The second-order valence-electron chi connectivity index (χ2n) is 3.60. The van der Waals surface area contributed by atoms with E-state index in [1.54, 1.807) is 0 Å². The summed E-state index contributed by atoms with van der Waals surface area (Å²) in [5.41, 5.74) is 4.92. The molecule has 0 aromatic heterocycles. The summed E-state index contributed by atoms with van der Waals surface area (Å²) < 4.78 is 17.9. The molecule has 0 spiro atoms. The zero-order chi connectivity index (χ0) is 8.91. The molecule has 0 aliphatic heterocycles. The van der Waals surface area contributed by atoms with E-state index >= 15 is 0 Å². The number of rotatable bonds is 4. The Labute approximate surface area is 67.9 Å². The average molecular weight is 163 g/mol. The summed E-state index contributed by atoms with van der Waals surface area (Å²) in [6.07, 6.45) is -0.532. The Bertz CT molecular complexity index is 101.